The molecule has 0 aromatic heterocycles. The lowest BCUT2D eigenvalue weighted by Gasteiger charge is -2.30. The Morgan fingerprint density at radius 1 is 1.44 bits per heavy atom. The highest BCUT2D eigenvalue weighted by molar-refractivity contribution is 5.90. The molecule has 2 atom stereocenters. The van der Waals surface area contributed by atoms with Crippen LogP contribution in [0, 0.1) is 0 Å². The molecule has 0 aromatic carbocycles. The van der Waals surface area contributed by atoms with E-state index in [0.29, 0.717) is 19.7 Å². The largest absolute Gasteiger partial charge is 0.366 e. The first-order chi connectivity index (χ1) is 8.24. The fourth-order valence-electron chi connectivity index (χ4n) is 2.38. The zero-order valence-electron chi connectivity index (χ0n) is 10.5. The molecule has 104 valence electrons. The summed E-state index contributed by atoms with van der Waals surface area (Å²) in [6.45, 7) is 2.52. The summed E-state index contributed by atoms with van der Waals surface area (Å²) in [6.07, 6.45) is 1.18. The van der Waals surface area contributed by atoms with Gasteiger partial charge in [0.05, 0.1) is 6.61 Å². The highest BCUT2D eigenvalue weighted by Gasteiger charge is 2.37. The molecule has 0 saturated carbocycles. The van der Waals surface area contributed by atoms with E-state index < -0.39 is 6.10 Å². The molecule has 2 unspecified atom stereocenters. The number of morpholine rings is 1. The molecule has 0 aromatic rings. The Hall–Kier alpha value is -0.850. The number of carbonyl (C=O) groups excluding carboxylic acids is 2. The lowest BCUT2D eigenvalue weighted by molar-refractivity contribution is -0.149. The van der Waals surface area contributed by atoms with Crippen LogP contribution < -0.4 is 10.6 Å². The Balaban J connectivity index is 0.00000162. The van der Waals surface area contributed by atoms with Crippen LogP contribution in [-0.2, 0) is 14.3 Å². The first-order valence-electron chi connectivity index (χ1n) is 6.08. The summed E-state index contributed by atoms with van der Waals surface area (Å²) < 4.78 is 5.43. The quantitative estimate of drug-likeness (QED) is 0.689. The zero-order chi connectivity index (χ0) is 12.3. The lowest BCUT2D eigenvalue weighted by atomic mass is 10.2. The van der Waals surface area contributed by atoms with E-state index in [0.717, 1.165) is 19.4 Å². The van der Waals surface area contributed by atoms with Gasteiger partial charge in [-0.15, -0.1) is 12.4 Å². The van der Waals surface area contributed by atoms with Crippen molar-refractivity contribution < 1.29 is 14.3 Å². The molecule has 18 heavy (non-hydrogen) atoms. The molecule has 2 saturated heterocycles. The fraction of sp³-hybridized carbons (Fsp3) is 0.818. The minimum Gasteiger partial charge on any atom is -0.366 e. The first kappa shape index (κ1) is 15.2. The summed E-state index contributed by atoms with van der Waals surface area (Å²) in [5, 5.41) is 5.73. The molecule has 7 heteroatoms. The predicted octanol–water partition coefficient (Wildman–Crippen LogP) is -0.866. The summed E-state index contributed by atoms with van der Waals surface area (Å²) in [7, 11) is 1.60. The maximum absolute atomic E-state index is 12.2. The van der Waals surface area contributed by atoms with Crippen LogP contribution in [0.3, 0.4) is 0 Å². The molecule has 2 amide bonds. The highest BCUT2D eigenvalue weighted by Crippen LogP contribution is 2.19. The number of likely N-dealkylation sites (tertiary alicyclic amines) is 1. The number of rotatable bonds is 2. The van der Waals surface area contributed by atoms with Crippen molar-refractivity contribution in [2.45, 2.75) is 25.0 Å². The van der Waals surface area contributed by atoms with Gasteiger partial charge in [0.1, 0.15) is 12.1 Å². The van der Waals surface area contributed by atoms with Gasteiger partial charge in [0.25, 0.3) is 5.91 Å². The monoisotopic (exact) mass is 277 g/mol. The molecule has 2 N–H and O–H groups in total. The van der Waals surface area contributed by atoms with Gasteiger partial charge in [-0.2, -0.15) is 0 Å². The number of hydrogen-bond acceptors (Lipinski definition) is 4. The Bertz CT molecular complexity index is 308. The van der Waals surface area contributed by atoms with Crippen LogP contribution in [0.15, 0.2) is 0 Å². The second-order valence-corrected chi connectivity index (χ2v) is 4.37. The second-order valence-electron chi connectivity index (χ2n) is 4.37. The maximum Gasteiger partial charge on any atom is 0.253 e. The lowest BCUT2D eigenvalue weighted by Crippen LogP contribution is -2.53. The molecule has 2 rings (SSSR count). The average Bonchev–Trinajstić information content (AvgIpc) is 2.87. The highest BCUT2D eigenvalue weighted by atomic mass is 35.5. The molecule has 0 bridgehead atoms. The third-order valence-corrected chi connectivity index (χ3v) is 3.29. The van der Waals surface area contributed by atoms with E-state index in [1.807, 2.05) is 0 Å². The van der Waals surface area contributed by atoms with Crippen LogP contribution in [0.1, 0.15) is 12.8 Å². The third kappa shape index (κ3) is 3.13. The molecular formula is C11H20ClN3O3. The van der Waals surface area contributed by atoms with E-state index >= 15 is 0 Å². The minimum atomic E-state index is -0.436. The van der Waals surface area contributed by atoms with Gasteiger partial charge in [0, 0.05) is 26.7 Å². The minimum absolute atomic E-state index is 0. The first-order valence-corrected chi connectivity index (χ1v) is 6.08. The van der Waals surface area contributed by atoms with Crippen LogP contribution >= 0.6 is 12.4 Å². The van der Waals surface area contributed by atoms with Gasteiger partial charge in [0.15, 0.2) is 0 Å². The predicted molar refractivity (Wildman–Crippen MR) is 68.7 cm³/mol. The number of halogens is 1. The van der Waals surface area contributed by atoms with Crippen LogP contribution in [0.4, 0.5) is 0 Å². The third-order valence-electron chi connectivity index (χ3n) is 3.29. The summed E-state index contributed by atoms with van der Waals surface area (Å²) in [5.41, 5.74) is 0. The van der Waals surface area contributed by atoms with Crippen molar-refractivity contribution >= 4 is 24.2 Å². The standard InChI is InChI=1S/C11H19N3O3.ClH/c1-12-10(15)8-3-2-5-14(8)11(16)9-7-13-4-6-17-9;/h8-9,13H,2-7H2,1H3,(H,12,15);1H. The van der Waals surface area contributed by atoms with Crippen LogP contribution in [0.25, 0.3) is 0 Å². The van der Waals surface area contributed by atoms with Crippen LogP contribution in [0.2, 0.25) is 0 Å². The number of likely N-dealkylation sites (N-methyl/N-ethyl adjacent to an activating group) is 1. The molecule has 0 radical (unpaired) electrons. The summed E-state index contributed by atoms with van der Waals surface area (Å²) in [4.78, 5) is 25.5. The number of amides is 2. The number of carbonyl (C=O) groups is 2. The Morgan fingerprint density at radius 3 is 2.83 bits per heavy atom. The van der Waals surface area contributed by atoms with Gasteiger partial charge in [-0.1, -0.05) is 0 Å². The van der Waals surface area contributed by atoms with Crippen LogP contribution in [-0.4, -0.2) is 62.1 Å². The molecule has 6 nitrogen and oxygen atoms in total. The number of ether oxygens (including phenoxy) is 1. The fourth-order valence-corrected chi connectivity index (χ4v) is 2.38. The van der Waals surface area contributed by atoms with E-state index in [9.17, 15) is 9.59 Å². The number of nitrogens with zero attached hydrogens (tertiary/aromatic N) is 1. The topological polar surface area (TPSA) is 70.7 Å². The Kier molecular flexibility index (Phi) is 5.84. The van der Waals surface area contributed by atoms with E-state index in [-0.39, 0.29) is 30.3 Å². The van der Waals surface area contributed by atoms with Gasteiger partial charge in [-0.05, 0) is 12.8 Å². The molecular weight excluding hydrogens is 258 g/mol. The van der Waals surface area contributed by atoms with Crippen molar-refractivity contribution in [2.75, 3.05) is 33.3 Å². The molecule has 2 heterocycles. The SMILES string of the molecule is CNC(=O)C1CCCN1C(=O)C1CNCCO1.Cl. The smallest absolute Gasteiger partial charge is 0.253 e. The van der Waals surface area contributed by atoms with Crippen molar-refractivity contribution in [1.29, 1.82) is 0 Å². The molecule has 0 spiro atoms. The second kappa shape index (κ2) is 6.92. The van der Waals surface area contributed by atoms with Gasteiger partial charge in [-0.3, -0.25) is 9.59 Å². The van der Waals surface area contributed by atoms with Gasteiger partial charge >= 0.3 is 0 Å². The van der Waals surface area contributed by atoms with E-state index in [2.05, 4.69) is 10.6 Å². The van der Waals surface area contributed by atoms with Crippen molar-refractivity contribution in [3.8, 4) is 0 Å². The van der Waals surface area contributed by atoms with E-state index in [1.165, 1.54) is 0 Å². The van der Waals surface area contributed by atoms with Crippen molar-refractivity contribution in [3.05, 3.63) is 0 Å². The van der Waals surface area contributed by atoms with Gasteiger partial charge in [-0.25, -0.2) is 0 Å². The van der Waals surface area contributed by atoms with Gasteiger partial charge in [0.2, 0.25) is 5.91 Å². The van der Waals surface area contributed by atoms with E-state index in [1.54, 1.807) is 11.9 Å². The van der Waals surface area contributed by atoms with Crippen molar-refractivity contribution in [1.82, 2.24) is 15.5 Å². The zero-order valence-corrected chi connectivity index (χ0v) is 11.3. The van der Waals surface area contributed by atoms with Crippen molar-refractivity contribution in [3.63, 3.8) is 0 Å². The molecule has 2 fully saturated rings. The average molecular weight is 278 g/mol. The molecule has 0 aliphatic carbocycles. The number of hydrogen-bond donors (Lipinski definition) is 2. The molecule has 2 aliphatic heterocycles. The normalized spacial score (nSPS) is 27.5. The van der Waals surface area contributed by atoms with Crippen molar-refractivity contribution in [2.24, 2.45) is 0 Å². The summed E-state index contributed by atoms with van der Waals surface area (Å²) in [5.74, 6) is -0.150. The van der Waals surface area contributed by atoms with Gasteiger partial charge < -0.3 is 20.3 Å². The molecule has 2 aliphatic rings. The Labute approximate surface area is 113 Å². The van der Waals surface area contributed by atoms with Crippen LogP contribution in [0.5, 0.6) is 0 Å². The van der Waals surface area contributed by atoms with E-state index in [4.69, 9.17) is 4.74 Å². The summed E-state index contributed by atoms with van der Waals surface area (Å²) in [6, 6.07) is -0.321. The summed E-state index contributed by atoms with van der Waals surface area (Å²) >= 11 is 0. The Morgan fingerprint density at radius 2 is 2.22 bits per heavy atom. The number of nitrogens with one attached hydrogen (secondary N) is 2. The maximum atomic E-state index is 12.2.